The van der Waals surface area contributed by atoms with Crippen LogP contribution in [0.5, 0.6) is 0 Å². The van der Waals surface area contributed by atoms with Gasteiger partial charge in [0, 0.05) is 12.5 Å². The van der Waals surface area contributed by atoms with Crippen LogP contribution in [0.1, 0.15) is 81.5 Å². The molecular weight excluding hydrogens is 320 g/mol. The van der Waals surface area contributed by atoms with Crippen molar-refractivity contribution in [3.05, 3.63) is 11.4 Å². The van der Waals surface area contributed by atoms with Crippen LogP contribution in [0, 0.1) is 17.3 Å². The van der Waals surface area contributed by atoms with Crippen LogP contribution in [0.2, 0.25) is 0 Å². The third-order valence-electron chi connectivity index (χ3n) is 5.93. The summed E-state index contributed by atoms with van der Waals surface area (Å²) in [4.78, 5) is 26.2. The van der Waals surface area contributed by atoms with Crippen LogP contribution in [0.3, 0.4) is 0 Å². The number of carbonyl (C=O) groups is 2. The Labute approximate surface area is 148 Å². The number of amides is 1. The lowest BCUT2D eigenvalue weighted by atomic mass is 9.69. The molecule has 1 saturated carbocycles. The first-order valence-electron chi connectivity index (χ1n) is 9.23. The molecule has 7 nitrogen and oxygen atoms in total. The highest BCUT2D eigenvalue weighted by Gasteiger charge is 2.39. The van der Waals surface area contributed by atoms with Gasteiger partial charge in [-0.05, 0) is 49.9 Å². The molecule has 1 amide bonds. The summed E-state index contributed by atoms with van der Waals surface area (Å²) in [5.41, 5.74) is 0.615. The highest BCUT2D eigenvalue weighted by Crippen LogP contribution is 2.42. The molecule has 2 heterocycles. The van der Waals surface area contributed by atoms with Crippen LogP contribution in [-0.4, -0.2) is 43.8 Å². The first kappa shape index (κ1) is 17.9. The van der Waals surface area contributed by atoms with Gasteiger partial charge in [-0.2, -0.15) is 10.3 Å². The van der Waals surface area contributed by atoms with Crippen molar-refractivity contribution in [3.8, 4) is 0 Å². The smallest absolute Gasteiger partial charge is 0.358 e. The quantitative estimate of drug-likeness (QED) is 0.875. The first-order valence-corrected chi connectivity index (χ1v) is 9.23. The van der Waals surface area contributed by atoms with Gasteiger partial charge in [0.2, 0.25) is 5.91 Å². The fraction of sp³-hybridized carbons (Fsp3) is 0.778. The topological polar surface area (TPSA) is 99.2 Å². The molecule has 1 atom stereocenters. The number of hydrogen-bond acceptors (Lipinski definition) is 4. The second-order valence-electron chi connectivity index (χ2n) is 8.47. The number of carbonyl (C=O) groups excluding carboxylic acids is 1. The maximum Gasteiger partial charge on any atom is 0.358 e. The minimum Gasteiger partial charge on any atom is -0.476 e. The zero-order chi connectivity index (χ0) is 18.2. The van der Waals surface area contributed by atoms with Crippen LogP contribution < -0.4 is 0 Å². The second-order valence-corrected chi connectivity index (χ2v) is 8.47. The molecule has 0 aromatic carbocycles. The number of aromatic amines is 1. The minimum atomic E-state index is -1.10. The van der Waals surface area contributed by atoms with Gasteiger partial charge in [-0.15, -0.1) is 5.10 Å². The van der Waals surface area contributed by atoms with Crippen LogP contribution in [0.15, 0.2) is 0 Å². The number of aromatic carboxylic acids is 1. The van der Waals surface area contributed by atoms with E-state index >= 15 is 0 Å². The van der Waals surface area contributed by atoms with Gasteiger partial charge in [0.15, 0.2) is 5.69 Å². The zero-order valence-corrected chi connectivity index (χ0v) is 15.3. The summed E-state index contributed by atoms with van der Waals surface area (Å²) in [6, 6.07) is -0.266. The van der Waals surface area contributed by atoms with Crippen molar-refractivity contribution < 1.29 is 14.7 Å². The summed E-state index contributed by atoms with van der Waals surface area (Å²) in [5, 5.41) is 19.4. The average Bonchev–Trinajstić information content (AvgIpc) is 3.21. The van der Waals surface area contributed by atoms with Crippen molar-refractivity contribution in [1.29, 1.82) is 0 Å². The highest BCUT2D eigenvalue weighted by atomic mass is 16.4. The molecule has 1 aliphatic heterocycles. The van der Waals surface area contributed by atoms with E-state index in [1.165, 1.54) is 0 Å². The maximum atomic E-state index is 13.1. The van der Waals surface area contributed by atoms with E-state index in [1.54, 1.807) is 0 Å². The Hall–Kier alpha value is -1.92. The molecule has 1 unspecified atom stereocenters. The van der Waals surface area contributed by atoms with E-state index < -0.39 is 5.97 Å². The third-order valence-corrected chi connectivity index (χ3v) is 5.93. The van der Waals surface area contributed by atoms with E-state index in [9.17, 15) is 14.7 Å². The molecule has 0 bridgehead atoms. The number of rotatable bonds is 3. The lowest BCUT2D eigenvalue weighted by molar-refractivity contribution is -0.138. The summed E-state index contributed by atoms with van der Waals surface area (Å²) >= 11 is 0. The van der Waals surface area contributed by atoms with E-state index in [1.807, 2.05) is 4.90 Å². The van der Waals surface area contributed by atoms with Crippen molar-refractivity contribution in [2.24, 2.45) is 17.3 Å². The third kappa shape index (κ3) is 3.55. The molecule has 0 spiro atoms. The molecule has 1 aromatic rings. The molecule has 1 saturated heterocycles. The molecule has 138 valence electrons. The number of aromatic nitrogens is 3. The SMILES string of the molecule is CC(C)(C)C1CCC(C(=O)N2CCCC2c2n[nH]nc2C(=O)O)CC1. The molecule has 1 aromatic heterocycles. The molecule has 0 radical (unpaired) electrons. The van der Waals surface area contributed by atoms with Crippen LogP contribution in [-0.2, 0) is 4.79 Å². The van der Waals surface area contributed by atoms with Crippen LogP contribution in [0.4, 0.5) is 0 Å². The molecule has 2 N–H and O–H groups in total. The Morgan fingerprint density at radius 1 is 1.12 bits per heavy atom. The number of nitrogens with one attached hydrogen (secondary N) is 1. The Morgan fingerprint density at radius 3 is 2.40 bits per heavy atom. The second kappa shape index (κ2) is 6.77. The number of nitrogens with zero attached hydrogens (tertiary/aromatic N) is 3. The normalized spacial score (nSPS) is 27.5. The minimum absolute atomic E-state index is 0.0550. The monoisotopic (exact) mass is 348 g/mol. The summed E-state index contributed by atoms with van der Waals surface area (Å²) in [7, 11) is 0. The molecule has 3 rings (SSSR count). The average molecular weight is 348 g/mol. The van der Waals surface area contributed by atoms with Crippen molar-refractivity contribution in [2.45, 2.75) is 65.3 Å². The van der Waals surface area contributed by atoms with E-state index in [0.717, 1.165) is 38.5 Å². The van der Waals surface area contributed by atoms with Gasteiger partial charge < -0.3 is 10.0 Å². The fourth-order valence-corrected chi connectivity index (χ4v) is 4.38. The number of likely N-dealkylation sites (tertiary alicyclic amines) is 1. The van der Waals surface area contributed by atoms with E-state index in [4.69, 9.17) is 0 Å². The number of carboxylic acids is 1. The van der Waals surface area contributed by atoms with Gasteiger partial charge in [0.25, 0.3) is 0 Å². The molecule has 7 heteroatoms. The van der Waals surface area contributed by atoms with Crippen molar-refractivity contribution in [3.63, 3.8) is 0 Å². The zero-order valence-electron chi connectivity index (χ0n) is 15.3. The predicted octanol–water partition coefficient (Wildman–Crippen LogP) is 3.02. The Kier molecular flexibility index (Phi) is 4.84. The Morgan fingerprint density at radius 2 is 1.80 bits per heavy atom. The Balaban J connectivity index is 1.70. The Bertz CT molecular complexity index is 641. The van der Waals surface area contributed by atoms with E-state index in [2.05, 4.69) is 36.2 Å². The van der Waals surface area contributed by atoms with Gasteiger partial charge in [-0.1, -0.05) is 20.8 Å². The van der Waals surface area contributed by atoms with Gasteiger partial charge in [-0.25, -0.2) is 4.79 Å². The summed E-state index contributed by atoms with van der Waals surface area (Å²) in [6.45, 7) is 7.49. The predicted molar refractivity (Wildman–Crippen MR) is 91.9 cm³/mol. The van der Waals surface area contributed by atoms with Crippen molar-refractivity contribution in [2.75, 3.05) is 6.54 Å². The first-order chi connectivity index (χ1) is 11.8. The summed E-state index contributed by atoms with van der Waals surface area (Å²) in [5.74, 6) is -0.220. The van der Waals surface area contributed by atoms with Gasteiger partial charge in [0.05, 0.1) is 6.04 Å². The lowest BCUT2D eigenvalue weighted by Crippen LogP contribution is -2.39. The molecule has 2 fully saturated rings. The van der Waals surface area contributed by atoms with Gasteiger partial charge in [-0.3, -0.25) is 4.79 Å². The number of hydrogen-bond donors (Lipinski definition) is 2. The van der Waals surface area contributed by atoms with E-state index in [0.29, 0.717) is 23.6 Å². The van der Waals surface area contributed by atoms with Gasteiger partial charge >= 0.3 is 5.97 Å². The van der Waals surface area contributed by atoms with E-state index in [-0.39, 0.29) is 23.6 Å². The lowest BCUT2D eigenvalue weighted by Gasteiger charge is -2.38. The standard InChI is InChI=1S/C18H28N4O3/c1-18(2,3)12-8-6-11(7-9-12)16(23)22-10-4-5-13(22)14-15(17(24)25)20-21-19-14/h11-13H,4-10H2,1-3H3,(H,24,25)(H,19,20,21). The maximum absolute atomic E-state index is 13.1. The molecule has 25 heavy (non-hydrogen) atoms. The summed E-state index contributed by atoms with van der Waals surface area (Å²) in [6.07, 6.45) is 5.64. The molecular formula is C18H28N4O3. The van der Waals surface area contributed by atoms with Gasteiger partial charge in [0.1, 0.15) is 5.69 Å². The number of carboxylic acid groups (broad SMARTS) is 1. The fourth-order valence-electron chi connectivity index (χ4n) is 4.38. The largest absolute Gasteiger partial charge is 0.476 e. The summed E-state index contributed by atoms with van der Waals surface area (Å²) < 4.78 is 0. The molecule has 2 aliphatic rings. The van der Waals surface area contributed by atoms with Crippen LogP contribution in [0.25, 0.3) is 0 Å². The number of H-pyrrole nitrogens is 1. The molecule has 1 aliphatic carbocycles. The highest BCUT2D eigenvalue weighted by molar-refractivity contribution is 5.87. The van der Waals surface area contributed by atoms with Crippen LogP contribution >= 0.6 is 0 Å². The van der Waals surface area contributed by atoms with Crippen molar-refractivity contribution >= 4 is 11.9 Å². The van der Waals surface area contributed by atoms with Crippen molar-refractivity contribution in [1.82, 2.24) is 20.3 Å².